The number of ether oxygens (including phenoxy) is 1. The third kappa shape index (κ3) is 3.61. The van der Waals surface area contributed by atoms with Gasteiger partial charge in [-0.25, -0.2) is 0 Å². The summed E-state index contributed by atoms with van der Waals surface area (Å²) in [4.78, 5) is 25.2. The molecular formula is C25H39NO6. The van der Waals surface area contributed by atoms with Crippen molar-refractivity contribution in [1.29, 1.82) is 0 Å². The molecule has 0 saturated heterocycles. The molecule has 0 radical (unpaired) electrons. The van der Waals surface area contributed by atoms with Crippen LogP contribution in [0.15, 0.2) is 11.6 Å². The molecule has 4 aliphatic carbocycles. The first-order valence-corrected chi connectivity index (χ1v) is 12.2. The molecule has 0 aromatic rings. The highest BCUT2D eigenvalue weighted by molar-refractivity contribution is 5.92. The zero-order chi connectivity index (χ0) is 23.3. The Kier molecular flexibility index (Phi) is 6.44. The minimum atomic E-state index is -1.57. The summed E-state index contributed by atoms with van der Waals surface area (Å²) in [6.45, 7) is 4.23. The first-order chi connectivity index (χ1) is 15.1. The number of rotatable bonds is 7. The average molecular weight is 450 g/mol. The number of hydrogen-bond acceptors (Lipinski definition) is 7. The van der Waals surface area contributed by atoms with Gasteiger partial charge in [0.1, 0.15) is 12.2 Å². The van der Waals surface area contributed by atoms with Crippen molar-refractivity contribution in [1.82, 2.24) is 0 Å². The summed E-state index contributed by atoms with van der Waals surface area (Å²) < 4.78 is 5.33. The van der Waals surface area contributed by atoms with E-state index in [1.54, 1.807) is 0 Å². The van der Waals surface area contributed by atoms with Gasteiger partial charge in [-0.3, -0.25) is 9.59 Å². The molecular weight excluding hydrogens is 410 g/mol. The normalized spacial score (nSPS) is 44.3. The topological polar surface area (TPSA) is 130 Å². The Hall–Kier alpha value is -1.12. The van der Waals surface area contributed by atoms with E-state index in [0.717, 1.165) is 25.7 Å². The molecule has 0 spiro atoms. The highest BCUT2D eigenvalue weighted by Crippen LogP contribution is 2.67. The maximum Gasteiger partial charge on any atom is 0.190 e. The smallest absolute Gasteiger partial charge is 0.190 e. The Labute approximate surface area is 190 Å². The molecule has 8 unspecified atom stereocenters. The molecule has 8 atom stereocenters. The summed E-state index contributed by atoms with van der Waals surface area (Å²) in [5.41, 5.74) is 4.11. The SMILES string of the molecule is CC12CCC(=O)C=C1CCC1C2C(O)CC2(C)C1CCC2(O)C(=O)COC(O)CCCN. The maximum atomic E-state index is 13.2. The predicted molar refractivity (Wildman–Crippen MR) is 118 cm³/mol. The number of Topliss-reactive ketones (excluding diaryl/α,β-unsaturated/α-hetero) is 1. The number of carbonyl (C=O) groups is 2. The highest BCUT2D eigenvalue weighted by atomic mass is 16.6. The van der Waals surface area contributed by atoms with Crippen molar-refractivity contribution >= 4 is 11.6 Å². The molecule has 3 saturated carbocycles. The molecule has 5 N–H and O–H groups in total. The van der Waals surface area contributed by atoms with E-state index in [9.17, 15) is 24.9 Å². The van der Waals surface area contributed by atoms with Crippen LogP contribution >= 0.6 is 0 Å². The van der Waals surface area contributed by atoms with E-state index in [1.165, 1.54) is 5.57 Å². The fourth-order valence-corrected chi connectivity index (χ4v) is 7.82. The molecule has 7 nitrogen and oxygen atoms in total. The lowest BCUT2D eigenvalue weighted by molar-refractivity contribution is -0.188. The van der Waals surface area contributed by atoms with Crippen LogP contribution < -0.4 is 5.73 Å². The van der Waals surface area contributed by atoms with Gasteiger partial charge in [-0.05, 0) is 87.2 Å². The zero-order valence-corrected chi connectivity index (χ0v) is 19.4. The molecule has 0 aromatic heterocycles. The third-order valence-electron chi connectivity index (χ3n) is 9.57. The summed E-state index contributed by atoms with van der Waals surface area (Å²) in [7, 11) is 0. The van der Waals surface area contributed by atoms with Crippen LogP contribution in [0.4, 0.5) is 0 Å². The summed E-state index contributed by atoms with van der Waals surface area (Å²) in [6.07, 6.45) is 5.46. The van der Waals surface area contributed by atoms with Crippen molar-refractivity contribution in [2.75, 3.05) is 13.2 Å². The Balaban J connectivity index is 1.54. The largest absolute Gasteiger partial charge is 0.393 e. The van der Waals surface area contributed by atoms with Crippen LogP contribution in [0.1, 0.15) is 71.6 Å². The first kappa shape index (κ1) is 24.0. The van der Waals surface area contributed by atoms with Gasteiger partial charge in [0.15, 0.2) is 17.9 Å². The lowest BCUT2D eigenvalue weighted by atomic mass is 9.45. The quantitative estimate of drug-likeness (QED) is 0.437. The van der Waals surface area contributed by atoms with E-state index in [2.05, 4.69) is 6.92 Å². The Morgan fingerprint density at radius 3 is 2.75 bits per heavy atom. The number of fused-ring (bicyclic) bond motifs is 5. The van der Waals surface area contributed by atoms with E-state index in [1.807, 2.05) is 13.0 Å². The van der Waals surface area contributed by atoms with Gasteiger partial charge in [-0.2, -0.15) is 0 Å². The van der Waals surface area contributed by atoms with E-state index in [-0.39, 0.29) is 35.6 Å². The predicted octanol–water partition coefficient (Wildman–Crippen LogP) is 1.86. The number of aliphatic hydroxyl groups is 3. The summed E-state index contributed by atoms with van der Waals surface area (Å²) in [5.74, 6) is 0.145. The molecule has 0 amide bonds. The molecule has 7 heteroatoms. The highest BCUT2D eigenvalue weighted by Gasteiger charge is 2.68. The standard InChI is InChI=1S/C25H39NO6/c1-23-9-7-16(27)12-15(23)5-6-17-18-8-10-25(31,24(18,2)13-19(28)22(17)23)20(29)14-32-21(30)4-3-11-26/h12,17-19,21-22,28,30-31H,3-11,13-14,26H2,1-2H3. The molecule has 3 fully saturated rings. The van der Waals surface area contributed by atoms with Crippen LogP contribution in [-0.4, -0.2) is 58.0 Å². The number of ketones is 2. The fraction of sp³-hybridized carbons (Fsp3) is 0.840. The average Bonchev–Trinajstić information content (AvgIpc) is 3.02. The Bertz CT molecular complexity index is 797. The second kappa shape index (κ2) is 8.58. The van der Waals surface area contributed by atoms with Crippen LogP contribution in [-0.2, 0) is 14.3 Å². The summed E-state index contributed by atoms with van der Waals surface area (Å²) in [5, 5.41) is 33.0. The minimum absolute atomic E-state index is 0.0421. The summed E-state index contributed by atoms with van der Waals surface area (Å²) >= 11 is 0. The van der Waals surface area contributed by atoms with Crippen molar-refractivity contribution < 1.29 is 29.6 Å². The second-order valence-corrected chi connectivity index (χ2v) is 11.1. The number of carbonyl (C=O) groups excluding carboxylic acids is 2. The van der Waals surface area contributed by atoms with E-state index >= 15 is 0 Å². The van der Waals surface area contributed by atoms with Gasteiger partial charge in [-0.1, -0.05) is 19.4 Å². The maximum absolute atomic E-state index is 13.2. The van der Waals surface area contributed by atoms with Crippen LogP contribution in [0.5, 0.6) is 0 Å². The van der Waals surface area contributed by atoms with Crippen LogP contribution in [0, 0.1) is 28.6 Å². The van der Waals surface area contributed by atoms with Crippen molar-refractivity contribution in [3.8, 4) is 0 Å². The summed E-state index contributed by atoms with van der Waals surface area (Å²) in [6, 6.07) is 0. The lowest BCUT2D eigenvalue weighted by Crippen LogP contribution is -2.62. The van der Waals surface area contributed by atoms with E-state index in [0.29, 0.717) is 38.6 Å². The zero-order valence-electron chi connectivity index (χ0n) is 19.4. The number of aliphatic hydroxyl groups excluding tert-OH is 2. The van der Waals surface area contributed by atoms with Gasteiger partial charge in [0.25, 0.3) is 0 Å². The van der Waals surface area contributed by atoms with Gasteiger partial charge < -0.3 is 25.8 Å². The van der Waals surface area contributed by atoms with Crippen LogP contribution in [0.3, 0.4) is 0 Å². The van der Waals surface area contributed by atoms with Crippen molar-refractivity contribution in [3.05, 3.63) is 11.6 Å². The molecule has 0 aromatic carbocycles. The van der Waals surface area contributed by atoms with Crippen molar-refractivity contribution in [2.24, 2.45) is 34.3 Å². The molecule has 0 heterocycles. The number of hydrogen-bond donors (Lipinski definition) is 4. The third-order valence-corrected chi connectivity index (χ3v) is 9.57. The lowest BCUT2D eigenvalue weighted by Gasteiger charge is -2.60. The first-order valence-electron chi connectivity index (χ1n) is 12.2. The van der Waals surface area contributed by atoms with Gasteiger partial charge in [0, 0.05) is 11.8 Å². The molecule has 4 aliphatic rings. The number of allylic oxidation sites excluding steroid dienone is 1. The molecule has 0 aliphatic heterocycles. The fourth-order valence-electron chi connectivity index (χ4n) is 7.82. The van der Waals surface area contributed by atoms with E-state index in [4.69, 9.17) is 10.5 Å². The van der Waals surface area contributed by atoms with Gasteiger partial charge >= 0.3 is 0 Å². The van der Waals surface area contributed by atoms with Crippen molar-refractivity contribution in [3.63, 3.8) is 0 Å². The van der Waals surface area contributed by atoms with Crippen LogP contribution in [0.25, 0.3) is 0 Å². The minimum Gasteiger partial charge on any atom is -0.393 e. The molecule has 4 rings (SSSR count). The second-order valence-electron chi connectivity index (χ2n) is 11.1. The Morgan fingerprint density at radius 2 is 2.03 bits per heavy atom. The number of nitrogens with two attached hydrogens (primary N) is 1. The molecule has 180 valence electrons. The van der Waals surface area contributed by atoms with Crippen molar-refractivity contribution in [2.45, 2.75) is 89.6 Å². The van der Waals surface area contributed by atoms with E-state index < -0.39 is 29.2 Å². The van der Waals surface area contributed by atoms with Crippen LogP contribution in [0.2, 0.25) is 0 Å². The molecule has 0 bridgehead atoms. The monoisotopic (exact) mass is 449 g/mol. The van der Waals surface area contributed by atoms with Gasteiger partial charge in [0.05, 0.1) is 6.10 Å². The van der Waals surface area contributed by atoms with Gasteiger partial charge in [-0.15, -0.1) is 0 Å². The Morgan fingerprint density at radius 1 is 1.28 bits per heavy atom. The molecule has 32 heavy (non-hydrogen) atoms. The van der Waals surface area contributed by atoms with Gasteiger partial charge in [0.2, 0.25) is 0 Å².